The molecule has 0 atom stereocenters. The molecule has 0 saturated heterocycles. The van der Waals surface area contributed by atoms with Crippen LogP contribution in [0.3, 0.4) is 0 Å². The molecule has 0 unspecified atom stereocenters. The van der Waals surface area contributed by atoms with E-state index in [9.17, 15) is 9.59 Å². The van der Waals surface area contributed by atoms with Crippen LogP contribution in [0.5, 0.6) is 5.75 Å². The zero-order valence-corrected chi connectivity index (χ0v) is 11.7. The second kappa shape index (κ2) is 6.38. The third kappa shape index (κ3) is 3.71. The van der Waals surface area contributed by atoms with Crippen LogP contribution in [0.15, 0.2) is 18.2 Å². The first-order valence-electron chi connectivity index (χ1n) is 6.56. The molecule has 1 aliphatic rings. The zero-order valence-electron chi connectivity index (χ0n) is 11.7. The molecule has 108 valence electrons. The summed E-state index contributed by atoms with van der Waals surface area (Å²) >= 11 is 0. The molecular weight excluding hydrogens is 258 g/mol. The Morgan fingerprint density at radius 3 is 3.00 bits per heavy atom. The van der Waals surface area contributed by atoms with Gasteiger partial charge in [0.05, 0.1) is 5.69 Å². The van der Waals surface area contributed by atoms with E-state index < -0.39 is 0 Å². The number of amides is 2. The highest BCUT2D eigenvalue weighted by Crippen LogP contribution is 2.28. The third-order valence-electron chi connectivity index (χ3n) is 2.94. The SMILES string of the molecule is CN(C)CCCNC(=O)c1ccc2c(c1)OCC(=O)N2. The van der Waals surface area contributed by atoms with Crippen LogP contribution in [-0.2, 0) is 4.79 Å². The highest BCUT2D eigenvalue weighted by atomic mass is 16.5. The molecule has 1 aromatic rings. The topological polar surface area (TPSA) is 70.7 Å². The number of carbonyl (C=O) groups excluding carboxylic acids is 2. The van der Waals surface area contributed by atoms with Crippen LogP contribution in [0, 0.1) is 0 Å². The lowest BCUT2D eigenvalue weighted by Crippen LogP contribution is -2.28. The van der Waals surface area contributed by atoms with Crippen molar-refractivity contribution in [2.24, 2.45) is 0 Å². The molecule has 0 aliphatic carbocycles. The van der Waals surface area contributed by atoms with E-state index >= 15 is 0 Å². The summed E-state index contributed by atoms with van der Waals surface area (Å²) in [5.74, 6) is 0.219. The van der Waals surface area contributed by atoms with Crippen molar-refractivity contribution >= 4 is 17.5 Å². The van der Waals surface area contributed by atoms with Gasteiger partial charge < -0.3 is 20.3 Å². The van der Waals surface area contributed by atoms with Gasteiger partial charge in [-0.1, -0.05) is 0 Å². The fraction of sp³-hybridized carbons (Fsp3) is 0.429. The van der Waals surface area contributed by atoms with E-state index in [0.29, 0.717) is 23.5 Å². The van der Waals surface area contributed by atoms with Crippen molar-refractivity contribution in [3.8, 4) is 5.75 Å². The highest BCUT2D eigenvalue weighted by molar-refractivity contribution is 5.98. The standard InChI is InChI=1S/C14H19N3O3/c1-17(2)7-3-6-15-14(19)10-4-5-11-12(8-10)20-9-13(18)16-11/h4-5,8H,3,6-7,9H2,1-2H3,(H,15,19)(H,16,18). The first-order valence-corrected chi connectivity index (χ1v) is 6.56. The number of fused-ring (bicyclic) bond motifs is 1. The average Bonchev–Trinajstić information content (AvgIpc) is 2.42. The molecule has 6 heteroatoms. The average molecular weight is 277 g/mol. The van der Waals surface area contributed by atoms with Crippen LogP contribution in [-0.4, -0.2) is 50.5 Å². The smallest absolute Gasteiger partial charge is 0.262 e. The number of anilines is 1. The van der Waals surface area contributed by atoms with Gasteiger partial charge in [0.25, 0.3) is 11.8 Å². The van der Waals surface area contributed by atoms with E-state index in [1.54, 1.807) is 18.2 Å². The summed E-state index contributed by atoms with van der Waals surface area (Å²) in [6, 6.07) is 5.01. The summed E-state index contributed by atoms with van der Waals surface area (Å²) in [5, 5.41) is 5.55. The largest absolute Gasteiger partial charge is 0.482 e. The number of rotatable bonds is 5. The molecule has 0 bridgehead atoms. The molecule has 0 aromatic heterocycles. The Kier molecular flexibility index (Phi) is 4.57. The minimum absolute atomic E-state index is 0.0130. The molecule has 0 saturated carbocycles. The molecule has 20 heavy (non-hydrogen) atoms. The number of nitrogens with one attached hydrogen (secondary N) is 2. The fourth-order valence-corrected chi connectivity index (χ4v) is 1.92. The molecular formula is C14H19N3O3. The van der Waals surface area contributed by atoms with Crippen molar-refractivity contribution < 1.29 is 14.3 Å². The molecule has 0 spiro atoms. The number of ether oxygens (including phenoxy) is 1. The van der Waals surface area contributed by atoms with E-state index in [0.717, 1.165) is 13.0 Å². The Hall–Kier alpha value is -2.08. The molecule has 1 aromatic carbocycles. The summed E-state index contributed by atoms with van der Waals surface area (Å²) in [7, 11) is 3.99. The molecule has 6 nitrogen and oxygen atoms in total. The molecule has 2 amide bonds. The van der Waals surface area contributed by atoms with Gasteiger partial charge in [0.1, 0.15) is 5.75 Å². The first kappa shape index (κ1) is 14.3. The van der Waals surface area contributed by atoms with Gasteiger partial charge in [-0.3, -0.25) is 9.59 Å². The van der Waals surface area contributed by atoms with Gasteiger partial charge in [-0.15, -0.1) is 0 Å². The maximum atomic E-state index is 12.0. The van der Waals surface area contributed by atoms with Gasteiger partial charge >= 0.3 is 0 Å². The minimum atomic E-state index is -0.182. The van der Waals surface area contributed by atoms with E-state index in [1.165, 1.54) is 0 Å². The summed E-state index contributed by atoms with van der Waals surface area (Å²) < 4.78 is 5.28. The summed E-state index contributed by atoms with van der Waals surface area (Å²) in [5.41, 5.74) is 1.13. The Morgan fingerprint density at radius 1 is 1.45 bits per heavy atom. The Bertz CT molecular complexity index is 514. The van der Waals surface area contributed by atoms with Crippen molar-refractivity contribution in [2.75, 3.05) is 39.1 Å². The fourth-order valence-electron chi connectivity index (χ4n) is 1.92. The van der Waals surface area contributed by atoms with Gasteiger partial charge in [0.2, 0.25) is 0 Å². The van der Waals surface area contributed by atoms with Crippen molar-refractivity contribution in [1.29, 1.82) is 0 Å². The summed E-state index contributed by atoms with van der Waals surface area (Å²) in [4.78, 5) is 25.2. The molecule has 0 radical (unpaired) electrons. The summed E-state index contributed by atoms with van der Waals surface area (Å²) in [6.07, 6.45) is 0.899. The quantitative estimate of drug-likeness (QED) is 0.777. The molecule has 0 fully saturated rings. The van der Waals surface area contributed by atoms with Crippen LogP contribution >= 0.6 is 0 Å². The molecule has 2 N–H and O–H groups in total. The number of hydrogen-bond donors (Lipinski definition) is 2. The van der Waals surface area contributed by atoms with E-state index in [1.807, 2.05) is 14.1 Å². The Morgan fingerprint density at radius 2 is 2.25 bits per heavy atom. The molecule has 1 heterocycles. The lowest BCUT2D eigenvalue weighted by atomic mass is 10.1. The maximum absolute atomic E-state index is 12.0. The summed E-state index contributed by atoms with van der Waals surface area (Å²) in [6.45, 7) is 1.55. The maximum Gasteiger partial charge on any atom is 0.262 e. The number of carbonyl (C=O) groups is 2. The minimum Gasteiger partial charge on any atom is -0.482 e. The normalized spacial score (nSPS) is 13.4. The van der Waals surface area contributed by atoms with E-state index in [2.05, 4.69) is 15.5 Å². The van der Waals surface area contributed by atoms with Crippen molar-refractivity contribution in [3.05, 3.63) is 23.8 Å². The third-order valence-corrected chi connectivity index (χ3v) is 2.94. The Labute approximate surface area is 118 Å². The van der Waals surface area contributed by atoms with Gasteiger partial charge in [-0.05, 0) is 45.3 Å². The van der Waals surface area contributed by atoms with Gasteiger partial charge in [-0.25, -0.2) is 0 Å². The number of nitrogens with zero attached hydrogens (tertiary/aromatic N) is 1. The van der Waals surface area contributed by atoms with Gasteiger partial charge in [0, 0.05) is 12.1 Å². The van der Waals surface area contributed by atoms with Crippen LogP contribution in [0.4, 0.5) is 5.69 Å². The second-order valence-corrected chi connectivity index (χ2v) is 4.96. The zero-order chi connectivity index (χ0) is 14.5. The van der Waals surface area contributed by atoms with Crippen LogP contribution in [0.2, 0.25) is 0 Å². The van der Waals surface area contributed by atoms with Gasteiger partial charge in [-0.2, -0.15) is 0 Å². The van der Waals surface area contributed by atoms with Crippen molar-refractivity contribution in [2.45, 2.75) is 6.42 Å². The lowest BCUT2D eigenvalue weighted by molar-refractivity contribution is -0.118. The number of hydrogen-bond acceptors (Lipinski definition) is 4. The highest BCUT2D eigenvalue weighted by Gasteiger charge is 2.17. The molecule has 2 rings (SSSR count). The number of benzene rings is 1. The Balaban J connectivity index is 1.92. The molecule has 1 aliphatic heterocycles. The first-order chi connectivity index (χ1) is 9.56. The lowest BCUT2D eigenvalue weighted by Gasteiger charge is -2.18. The van der Waals surface area contributed by atoms with E-state index in [-0.39, 0.29) is 18.4 Å². The van der Waals surface area contributed by atoms with Crippen molar-refractivity contribution in [3.63, 3.8) is 0 Å². The monoisotopic (exact) mass is 277 g/mol. The van der Waals surface area contributed by atoms with Crippen LogP contribution < -0.4 is 15.4 Å². The van der Waals surface area contributed by atoms with Crippen molar-refractivity contribution in [1.82, 2.24) is 10.2 Å². The second-order valence-electron chi connectivity index (χ2n) is 4.96. The van der Waals surface area contributed by atoms with E-state index in [4.69, 9.17) is 4.74 Å². The van der Waals surface area contributed by atoms with Gasteiger partial charge in [0.15, 0.2) is 6.61 Å². The predicted molar refractivity (Wildman–Crippen MR) is 76.1 cm³/mol. The van der Waals surface area contributed by atoms with Crippen LogP contribution in [0.25, 0.3) is 0 Å². The van der Waals surface area contributed by atoms with Crippen LogP contribution in [0.1, 0.15) is 16.8 Å². The predicted octanol–water partition coefficient (Wildman–Crippen LogP) is 0.699.